The van der Waals surface area contributed by atoms with Crippen molar-refractivity contribution in [1.29, 1.82) is 0 Å². The molecule has 0 aromatic carbocycles. The van der Waals surface area contributed by atoms with Gasteiger partial charge in [0.15, 0.2) is 5.65 Å². The van der Waals surface area contributed by atoms with Crippen LogP contribution in [-0.4, -0.2) is 35.5 Å². The summed E-state index contributed by atoms with van der Waals surface area (Å²) in [6.07, 6.45) is 4.47. The highest BCUT2D eigenvalue weighted by atomic mass is 32.2. The molecule has 0 fully saturated rings. The summed E-state index contributed by atoms with van der Waals surface area (Å²) in [4.78, 5) is 4.48. The number of nitrogens with zero attached hydrogens (tertiary/aromatic N) is 4. The zero-order valence-corrected chi connectivity index (χ0v) is 13.4. The largest absolute Gasteiger partial charge is 0.369 e. The summed E-state index contributed by atoms with van der Waals surface area (Å²) in [6.45, 7) is 4.21. The third-order valence-corrected chi connectivity index (χ3v) is 4.33. The fourth-order valence-corrected chi connectivity index (χ4v) is 3.20. The van der Waals surface area contributed by atoms with Gasteiger partial charge in [0.05, 0.1) is 5.69 Å². The molecule has 7 heteroatoms. The second-order valence-corrected chi connectivity index (χ2v) is 6.80. The maximum Gasteiger partial charge on any atom is 0.202 e. The summed E-state index contributed by atoms with van der Waals surface area (Å²) in [5.74, 6) is 1.18. The van der Waals surface area contributed by atoms with Crippen molar-refractivity contribution in [3.63, 3.8) is 0 Å². The first-order valence-electron chi connectivity index (χ1n) is 6.95. The van der Waals surface area contributed by atoms with Crippen molar-refractivity contribution in [3.8, 4) is 0 Å². The zero-order chi connectivity index (χ0) is 14.9. The highest BCUT2D eigenvalue weighted by molar-refractivity contribution is 7.84. The van der Waals surface area contributed by atoms with Gasteiger partial charge in [0.25, 0.3) is 0 Å². The fraction of sp³-hybridized carbons (Fsp3) is 0.692. The Morgan fingerprint density at radius 2 is 2.15 bits per heavy atom. The number of nitrogen functional groups attached to an aromatic ring is 1. The molecular weight excluding hydrogens is 274 g/mol. The molecule has 0 aliphatic heterocycles. The lowest BCUT2D eigenvalue weighted by Gasteiger charge is -2.15. The van der Waals surface area contributed by atoms with E-state index < -0.39 is 10.8 Å². The van der Waals surface area contributed by atoms with Crippen molar-refractivity contribution in [1.82, 2.24) is 19.3 Å². The van der Waals surface area contributed by atoms with Crippen LogP contribution in [0.15, 0.2) is 0 Å². The number of hydrogen-bond donors (Lipinski definition) is 1. The van der Waals surface area contributed by atoms with Gasteiger partial charge < -0.3 is 5.73 Å². The van der Waals surface area contributed by atoms with E-state index in [0.717, 1.165) is 36.1 Å². The molecule has 6 nitrogen and oxygen atoms in total. The lowest BCUT2D eigenvalue weighted by molar-refractivity contribution is 0.539. The number of anilines is 1. The van der Waals surface area contributed by atoms with Crippen molar-refractivity contribution >= 4 is 27.9 Å². The van der Waals surface area contributed by atoms with Crippen LogP contribution in [0, 0.1) is 0 Å². The molecule has 0 amide bonds. The van der Waals surface area contributed by atoms with Gasteiger partial charge in [-0.15, -0.1) is 0 Å². The average molecular weight is 297 g/mol. The molecular formula is C13H23N5OS. The third kappa shape index (κ3) is 2.72. The number of hydrogen-bond acceptors (Lipinski definition) is 4. The predicted molar refractivity (Wildman–Crippen MR) is 83.2 cm³/mol. The van der Waals surface area contributed by atoms with Crippen LogP contribution < -0.4 is 5.73 Å². The van der Waals surface area contributed by atoms with Crippen LogP contribution in [0.25, 0.3) is 11.2 Å². The third-order valence-electron chi connectivity index (χ3n) is 3.51. The van der Waals surface area contributed by atoms with Crippen LogP contribution in [0.3, 0.4) is 0 Å². The van der Waals surface area contributed by atoms with Crippen LogP contribution in [-0.2, 0) is 24.3 Å². The van der Waals surface area contributed by atoms with Crippen LogP contribution in [0.2, 0.25) is 0 Å². The van der Waals surface area contributed by atoms with Gasteiger partial charge in [-0.3, -0.25) is 13.5 Å². The Bertz CT molecular complexity index is 630. The lowest BCUT2D eigenvalue weighted by Crippen LogP contribution is -2.13. The highest BCUT2D eigenvalue weighted by Gasteiger charge is 2.20. The van der Waals surface area contributed by atoms with Crippen molar-refractivity contribution in [2.24, 2.45) is 7.05 Å². The molecule has 2 N–H and O–H groups in total. The minimum absolute atomic E-state index is 0.161. The number of nitrogens with two attached hydrogens (primary N) is 1. The quantitative estimate of drug-likeness (QED) is 0.879. The van der Waals surface area contributed by atoms with Crippen LogP contribution >= 0.6 is 0 Å². The van der Waals surface area contributed by atoms with E-state index >= 15 is 0 Å². The first-order chi connectivity index (χ1) is 9.45. The number of rotatable bonds is 6. The maximum atomic E-state index is 11.3. The normalized spacial score (nSPS) is 14.8. The van der Waals surface area contributed by atoms with E-state index in [1.54, 1.807) is 6.26 Å². The topological polar surface area (TPSA) is 78.7 Å². The predicted octanol–water partition coefficient (Wildman–Crippen LogP) is 1.63. The molecule has 2 unspecified atom stereocenters. The molecule has 0 radical (unpaired) electrons. The Morgan fingerprint density at radius 3 is 2.75 bits per heavy atom. The lowest BCUT2D eigenvalue weighted by atomic mass is 10.2. The molecule has 112 valence electrons. The molecule has 2 aromatic heterocycles. The van der Waals surface area contributed by atoms with Crippen molar-refractivity contribution in [2.75, 3.05) is 17.7 Å². The summed E-state index contributed by atoms with van der Waals surface area (Å²) >= 11 is 0. The molecule has 20 heavy (non-hydrogen) atoms. The van der Waals surface area contributed by atoms with Gasteiger partial charge in [-0.1, -0.05) is 13.3 Å². The van der Waals surface area contributed by atoms with Crippen molar-refractivity contribution in [2.45, 2.75) is 39.2 Å². The second kappa shape index (κ2) is 5.95. The van der Waals surface area contributed by atoms with E-state index in [2.05, 4.69) is 23.9 Å². The molecule has 0 aliphatic rings. The van der Waals surface area contributed by atoms with Crippen molar-refractivity contribution in [3.05, 3.63) is 5.69 Å². The standard InChI is InChI=1S/C13H23N5OS/c1-5-6-10-11-12(17(3)16-10)18(13(14)15-11)9(2)7-8-20(4)19/h9H,5-8H2,1-4H3,(H2,14,15). The molecule has 0 saturated carbocycles. The average Bonchev–Trinajstić information content (AvgIpc) is 2.85. The SMILES string of the molecule is CCCc1nn(C)c2c1nc(N)n2C(C)CCS(C)=O. The van der Waals surface area contributed by atoms with Gasteiger partial charge in [0.1, 0.15) is 5.52 Å². The monoisotopic (exact) mass is 297 g/mol. The molecule has 2 rings (SSSR count). The van der Waals surface area contributed by atoms with Gasteiger partial charge in [0, 0.05) is 35.9 Å². The van der Waals surface area contributed by atoms with E-state index in [-0.39, 0.29) is 6.04 Å². The van der Waals surface area contributed by atoms with Crippen LogP contribution in [0.4, 0.5) is 5.95 Å². The zero-order valence-electron chi connectivity index (χ0n) is 12.6. The first kappa shape index (κ1) is 15.0. The Labute approximate surface area is 121 Å². The number of imidazole rings is 1. The Balaban J connectivity index is 2.42. The maximum absolute atomic E-state index is 11.3. The Morgan fingerprint density at radius 1 is 1.45 bits per heavy atom. The van der Waals surface area contributed by atoms with E-state index in [9.17, 15) is 4.21 Å². The Hall–Kier alpha value is -1.37. The minimum atomic E-state index is -0.788. The number of aryl methyl sites for hydroxylation is 2. The van der Waals surface area contributed by atoms with Gasteiger partial charge in [-0.25, -0.2) is 4.98 Å². The number of fused-ring (bicyclic) bond motifs is 1. The summed E-state index contributed by atoms with van der Waals surface area (Å²) in [6, 6.07) is 0.161. The van der Waals surface area contributed by atoms with Gasteiger partial charge >= 0.3 is 0 Å². The summed E-state index contributed by atoms with van der Waals surface area (Å²) < 4.78 is 15.1. The Kier molecular flexibility index (Phi) is 4.47. The van der Waals surface area contributed by atoms with Gasteiger partial charge in [-0.2, -0.15) is 5.10 Å². The number of aromatic nitrogens is 4. The molecule has 0 aliphatic carbocycles. The summed E-state index contributed by atoms with van der Waals surface area (Å²) in [7, 11) is 1.13. The molecule has 2 atom stereocenters. The molecule has 2 heterocycles. The summed E-state index contributed by atoms with van der Waals surface area (Å²) in [5.41, 5.74) is 8.93. The van der Waals surface area contributed by atoms with E-state index in [1.165, 1.54) is 0 Å². The molecule has 2 aromatic rings. The fourth-order valence-electron chi connectivity index (χ4n) is 2.52. The molecule has 0 saturated heterocycles. The first-order valence-corrected chi connectivity index (χ1v) is 8.67. The van der Waals surface area contributed by atoms with Crippen LogP contribution in [0.1, 0.15) is 38.4 Å². The van der Waals surface area contributed by atoms with E-state index in [4.69, 9.17) is 5.73 Å². The highest BCUT2D eigenvalue weighted by Crippen LogP contribution is 2.27. The molecule has 0 spiro atoms. The minimum Gasteiger partial charge on any atom is -0.369 e. The van der Waals surface area contributed by atoms with Crippen LogP contribution in [0.5, 0.6) is 0 Å². The van der Waals surface area contributed by atoms with Gasteiger partial charge in [0.2, 0.25) is 5.95 Å². The molecule has 0 bridgehead atoms. The van der Waals surface area contributed by atoms with Crippen molar-refractivity contribution < 1.29 is 4.21 Å². The second-order valence-electron chi connectivity index (χ2n) is 5.25. The van der Waals surface area contributed by atoms with Gasteiger partial charge in [-0.05, 0) is 19.8 Å². The van der Waals surface area contributed by atoms with E-state index in [1.807, 2.05) is 16.3 Å². The summed E-state index contributed by atoms with van der Waals surface area (Å²) in [5, 5.41) is 4.54. The van der Waals surface area contributed by atoms with E-state index in [0.29, 0.717) is 11.7 Å². The smallest absolute Gasteiger partial charge is 0.202 e.